The number of nitrogens with one attached hydrogen (secondary N) is 1. The Labute approximate surface area is 132 Å². The van der Waals surface area contributed by atoms with Crippen LogP contribution in [0.5, 0.6) is 0 Å². The molecule has 3 rings (SSSR count). The molecule has 10 heteroatoms. The normalized spacial score (nSPS) is 23.9. The van der Waals surface area contributed by atoms with Crippen LogP contribution in [0.3, 0.4) is 0 Å². The molecule has 7 nitrogen and oxygen atoms in total. The summed E-state index contributed by atoms with van der Waals surface area (Å²) in [4.78, 5) is 36.9. The predicted molar refractivity (Wildman–Crippen MR) is 84.4 cm³/mol. The Hall–Kier alpha value is -2.35. The zero-order chi connectivity index (χ0) is 17.1. The zero-order valence-electron chi connectivity index (χ0n) is 12.7. The van der Waals surface area contributed by atoms with Crippen LogP contribution in [0.25, 0.3) is 0 Å². The molecule has 3 amide bonds. The zero-order valence-corrected chi connectivity index (χ0v) is 12.7. The van der Waals surface area contributed by atoms with Gasteiger partial charge in [0, 0.05) is 29.7 Å². The fourth-order valence-electron chi connectivity index (χ4n) is 3.16. The van der Waals surface area contributed by atoms with Gasteiger partial charge in [0.1, 0.15) is 21.5 Å². The maximum absolute atomic E-state index is 14.2. The number of nitrogen functional groups attached to an aromatic ring is 1. The van der Waals surface area contributed by atoms with Gasteiger partial charge in [-0.15, -0.1) is 0 Å². The summed E-state index contributed by atoms with van der Waals surface area (Å²) >= 11 is 0. The van der Waals surface area contributed by atoms with Crippen molar-refractivity contribution in [1.29, 1.82) is 0 Å². The van der Waals surface area contributed by atoms with E-state index in [1.165, 1.54) is 15.7 Å². The van der Waals surface area contributed by atoms with E-state index >= 15 is 0 Å². The maximum Gasteiger partial charge on any atom is 0.279 e. The van der Waals surface area contributed by atoms with E-state index < -0.39 is 29.3 Å². The summed E-state index contributed by atoms with van der Waals surface area (Å²) in [7, 11) is 2.96. The molecular weight excluding hydrogens is 303 g/mol. The minimum Gasteiger partial charge on any atom is -0.399 e. The lowest BCUT2D eigenvalue weighted by Crippen LogP contribution is -2.63. The molecule has 4 N–H and O–H groups in total. The van der Waals surface area contributed by atoms with E-state index in [1.54, 1.807) is 0 Å². The predicted octanol–water partition coefficient (Wildman–Crippen LogP) is -3.99. The molecule has 2 heterocycles. The van der Waals surface area contributed by atoms with Crippen molar-refractivity contribution in [3.05, 3.63) is 16.9 Å². The Kier molecular flexibility index (Phi) is 3.26. The number of halogens is 1. The summed E-state index contributed by atoms with van der Waals surface area (Å²) < 4.78 is 14.2. The van der Waals surface area contributed by atoms with E-state index in [0.717, 1.165) is 4.90 Å². The van der Waals surface area contributed by atoms with Crippen molar-refractivity contribution in [1.82, 2.24) is 10.2 Å². The summed E-state index contributed by atoms with van der Waals surface area (Å²) in [6.07, 6.45) is -0.304. The number of fused-ring (bicyclic) bond motifs is 1. The maximum atomic E-state index is 14.2. The third-order valence-electron chi connectivity index (χ3n) is 4.60. The minimum absolute atomic E-state index is 0.0729. The van der Waals surface area contributed by atoms with Gasteiger partial charge in [-0.05, 0) is 10.9 Å². The summed E-state index contributed by atoms with van der Waals surface area (Å²) in [5.41, 5.74) is 4.72. The van der Waals surface area contributed by atoms with Crippen LogP contribution in [0, 0.1) is 5.82 Å². The number of benzene rings is 1. The summed E-state index contributed by atoms with van der Waals surface area (Å²) in [6, 6.07) is 0. The first-order valence-corrected chi connectivity index (χ1v) is 7.14. The molecule has 0 saturated carbocycles. The number of amides is 3. The molecule has 0 aliphatic carbocycles. The van der Waals surface area contributed by atoms with Crippen LogP contribution in [0.15, 0.2) is 0 Å². The SMILES string of the molecule is Bc1c(N)c2c(c(B)c1F)C(=O)N(C1(O)CCC(=O)NC1=O)C2. The Bertz CT molecular complexity index is 785. The van der Waals surface area contributed by atoms with Crippen molar-refractivity contribution in [2.24, 2.45) is 0 Å². The van der Waals surface area contributed by atoms with E-state index in [-0.39, 0.29) is 41.6 Å². The molecule has 0 bridgehead atoms. The average Bonchev–Trinajstić information content (AvgIpc) is 2.85. The third kappa shape index (κ3) is 1.98. The number of hydrogen-bond acceptors (Lipinski definition) is 5. The number of imide groups is 1. The minimum atomic E-state index is -2.15. The van der Waals surface area contributed by atoms with Gasteiger partial charge in [-0.3, -0.25) is 24.6 Å². The van der Waals surface area contributed by atoms with Crippen LogP contribution < -0.4 is 22.0 Å². The number of hydrogen-bond donors (Lipinski definition) is 3. The van der Waals surface area contributed by atoms with Gasteiger partial charge in [0.05, 0.1) is 6.54 Å². The molecule has 1 unspecified atom stereocenters. The first-order valence-electron chi connectivity index (χ1n) is 7.14. The van der Waals surface area contributed by atoms with E-state index in [9.17, 15) is 23.9 Å². The van der Waals surface area contributed by atoms with Crippen LogP contribution in [-0.2, 0) is 16.1 Å². The molecule has 2 aliphatic heterocycles. The Morgan fingerprint density at radius 3 is 2.52 bits per heavy atom. The standard InChI is InChI=1S/C13H14B2FN3O4/c14-7-6-4(10(17)8(15)9(7)16)3-19(11(6)21)13(23)2-1-5(20)18-12(13)22/h23H,1-3,14-15,17H2,(H,18,20,22). The third-order valence-corrected chi connectivity index (χ3v) is 4.60. The van der Waals surface area contributed by atoms with Crippen molar-refractivity contribution < 1.29 is 23.9 Å². The monoisotopic (exact) mass is 317 g/mol. The van der Waals surface area contributed by atoms with Crippen LogP contribution in [0.4, 0.5) is 10.1 Å². The number of nitrogens with zero attached hydrogens (tertiary/aromatic N) is 1. The van der Waals surface area contributed by atoms with Crippen LogP contribution in [0.2, 0.25) is 0 Å². The van der Waals surface area contributed by atoms with E-state index in [0.29, 0.717) is 5.56 Å². The number of anilines is 1. The van der Waals surface area contributed by atoms with E-state index in [4.69, 9.17) is 5.73 Å². The Morgan fingerprint density at radius 1 is 1.26 bits per heavy atom. The van der Waals surface area contributed by atoms with Gasteiger partial charge in [0.15, 0.2) is 0 Å². The fourth-order valence-corrected chi connectivity index (χ4v) is 3.16. The average molecular weight is 317 g/mol. The number of carbonyl (C=O) groups excluding carboxylic acids is 3. The Morgan fingerprint density at radius 2 is 1.91 bits per heavy atom. The van der Waals surface area contributed by atoms with Crippen LogP contribution in [0.1, 0.15) is 28.8 Å². The molecule has 0 radical (unpaired) electrons. The van der Waals surface area contributed by atoms with Gasteiger partial charge >= 0.3 is 0 Å². The van der Waals surface area contributed by atoms with Crippen molar-refractivity contribution in [2.75, 3.05) is 5.73 Å². The first kappa shape index (κ1) is 15.5. The topological polar surface area (TPSA) is 113 Å². The van der Waals surface area contributed by atoms with Crippen molar-refractivity contribution in [3.63, 3.8) is 0 Å². The number of aliphatic hydroxyl groups is 1. The number of carbonyl (C=O) groups is 3. The molecule has 1 aromatic carbocycles. The van der Waals surface area contributed by atoms with Gasteiger partial charge < -0.3 is 10.8 Å². The molecular formula is C13H14B2FN3O4. The second-order valence-corrected chi connectivity index (χ2v) is 5.92. The molecule has 1 fully saturated rings. The fraction of sp³-hybridized carbons (Fsp3) is 0.308. The smallest absolute Gasteiger partial charge is 0.279 e. The highest BCUT2D eigenvalue weighted by atomic mass is 19.1. The van der Waals surface area contributed by atoms with E-state index in [1.807, 2.05) is 5.32 Å². The molecule has 0 aromatic heterocycles. The van der Waals surface area contributed by atoms with Gasteiger partial charge in [-0.1, -0.05) is 0 Å². The van der Waals surface area contributed by atoms with Crippen molar-refractivity contribution in [3.8, 4) is 0 Å². The molecule has 2 aliphatic rings. The highest BCUT2D eigenvalue weighted by molar-refractivity contribution is 6.43. The second kappa shape index (κ2) is 4.82. The van der Waals surface area contributed by atoms with Crippen LogP contribution >= 0.6 is 0 Å². The van der Waals surface area contributed by atoms with Gasteiger partial charge in [0.25, 0.3) is 11.8 Å². The second-order valence-electron chi connectivity index (χ2n) is 5.92. The molecule has 118 valence electrons. The lowest BCUT2D eigenvalue weighted by molar-refractivity contribution is -0.167. The van der Waals surface area contributed by atoms with Gasteiger partial charge in [0.2, 0.25) is 11.6 Å². The van der Waals surface area contributed by atoms with E-state index in [2.05, 4.69) is 0 Å². The van der Waals surface area contributed by atoms with Gasteiger partial charge in [-0.2, -0.15) is 0 Å². The lowest BCUT2D eigenvalue weighted by Gasteiger charge is -2.37. The molecule has 1 saturated heterocycles. The molecule has 0 spiro atoms. The summed E-state index contributed by atoms with van der Waals surface area (Å²) in [6.45, 7) is -0.111. The molecule has 23 heavy (non-hydrogen) atoms. The highest BCUT2D eigenvalue weighted by Gasteiger charge is 2.51. The number of rotatable bonds is 1. The van der Waals surface area contributed by atoms with Crippen molar-refractivity contribution in [2.45, 2.75) is 25.1 Å². The summed E-state index contributed by atoms with van der Waals surface area (Å²) in [5.74, 6) is -2.72. The first-order chi connectivity index (χ1) is 10.7. The molecule has 1 atom stereocenters. The lowest BCUT2D eigenvalue weighted by atomic mass is 9.79. The summed E-state index contributed by atoms with van der Waals surface area (Å²) in [5, 5.41) is 12.6. The number of piperidine rings is 1. The highest BCUT2D eigenvalue weighted by Crippen LogP contribution is 2.34. The van der Waals surface area contributed by atoms with Crippen molar-refractivity contribution >= 4 is 50.0 Å². The quantitative estimate of drug-likeness (QED) is 0.278. The largest absolute Gasteiger partial charge is 0.399 e. The molecule has 1 aromatic rings. The van der Waals surface area contributed by atoms with Gasteiger partial charge in [-0.25, -0.2) is 4.39 Å². The number of nitrogens with two attached hydrogens (primary N) is 1. The van der Waals surface area contributed by atoms with Crippen LogP contribution in [-0.4, -0.2) is 49.1 Å². The Balaban J connectivity index is 2.08.